The van der Waals surface area contributed by atoms with Crippen LogP contribution in [-0.2, 0) is 14.3 Å². The molecule has 1 aliphatic heterocycles. The molecule has 0 saturated carbocycles. The Morgan fingerprint density at radius 2 is 2.25 bits per heavy atom. The van der Waals surface area contributed by atoms with Crippen LogP contribution in [0.25, 0.3) is 0 Å². The standard InChI is InChI=1S/C8H12O.C2H6O2.C2H4O/c1-2-5-8-6-3-4-7-9-8;1-4-2-3;1-2-3/h2-3,6,8H,1,4-5,7H2;3H,2H2,1H3;2H,1H3. The van der Waals surface area contributed by atoms with E-state index in [4.69, 9.17) is 14.6 Å². The van der Waals surface area contributed by atoms with Gasteiger partial charge >= 0.3 is 0 Å². The molecule has 0 aliphatic carbocycles. The van der Waals surface area contributed by atoms with Gasteiger partial charge in [0.05, 0.1) is 12.7 Å². The number of aliphatic hydroxyl groups excluding tert-OH is 1. The number of aliphatic hydroxyl groups is 1. The van der Waals surface area contributed by atoms with Crippen molar-refractivity contribution in [1.29, 1.82) is 0 Å². The number of ether oxygens (including phenoxy) is 2. The summed E-state index contributed by atoms with van der Waals surface area (Å²) in [7, 11) is 1.43. The Bertz CT molecular complexity index is 176. The molecule has 0 saturated heterocycles. The van der Waals surface area contributed by atoms with E-state index in [0.717, 1.165) is 25.7 Å². The second-order valence-corrected chi connectivity index (χ2v) is 2.80. The van der Waals surface area contributed by atoms with Crippen molar-refractivity contribution in [3.63, 3.8) is 0 Å². The largest absolute Gasteiger partial charge is 0.374 e. The third kappa shape index (κ3) is 15.5. The van der Waals surface area contributed by atoms with Crippen LogP contribution in [0.4, 0.5) is 0 Å². The maximum atomic E-state index is 8.81. The van der Waals surface area contributed by atoms with Crippen molar-refractivity contribution in [1.82, 2.24) is 0 Å². The lowest BCUT2D eigenvalue weighted by Gasteiger charge is -2.14. The fourth-order valence-corrected chi connectivity index (χ4v) is 0.902. The van der Waals surface area contributed by atoms with Crippen molar-refractivity contribution in [2.75, 3.05) is 20.5 Å². The van der Waals surface area contributed by atoms with Gasteiger partial charge in [0.15, 0.2) is 0 Å². The Morgan fingerprint density at radius 1 is 1.69 bits per heavy atom. The Balaban J connectivity index is 0. The highest BCUT2D eigenvalue weighted by atomic mass is 16.6. The molecular weight excluding hydrogens is 208 g/mol. The van der Waals surface area contributed by atoms with E-state index in [-0.39, 0.29) is 6.79 Å². The van der Waals surface area contributed by atoms with E-state index in [9.17, 15) is 0 Å². The van der Waals surface area contributed by atoms with Crippen molar-refractivity contribution < 1.29 is 19.4 Å². The Kier molecular flexibility index (Phi) is 17.9. The second-order valence-electron chi connectivity index (χ2n) is 2.80. The number of carbonyl (C=O) groups is 1. The highest BCUT2D eigenvalue weighted by molar-refractivity contribution is 5.44. The van der Waals surface area contributed by atoms with Crippen LogP contribution in [0.2, 0.25) is 0 Å². The molecule has 94 valence electrons. The first-order chi connectivity index (χ1) is 7.76. The minimum atomic E-state index is -0.181. The molecule has 4 heteroatoms. The summed E-state index contributed by atoms with van der Waals surface area (Å²) in [4.78, 5) is 8.81. The minimum Gasteiger partial charge on any atom is -0.374 e. The average Bonchev–Trinajstić information content (AvgIpc) is 2.32. The number of aldehydes is 1. The molecule has 1 heterocycles. The van der Waals surface area contributed by atoms with Crippen LogP contribution < -0.4 is 0 Å². The summed E-state index contributed by atoms with van der Waals surface area (Å²) in [6.07, 6.45) is 9.21. The molecular formula is C12H22O4. The molecule has 0 aromatic rings. The smallest absolute Gasteiger partial charge is 0.143 e. The summed E-state index contributed by atoms with van der Waals surface area (Å²) in [5, 5.41) is 7.65. The summed E-state index contributed by atoms with van der Waals surface area (Å²) < 4.78 is 9.46. The first-order valence-corrected chi connectivity index (χ1v) is 5.15. The lowest BCUT2D eigenvalue weighted by molar-refractivity contribution is -0.106. The summed E-state index contributed by atoms with van der Waals surface area (Å²) >= 11 is 0. The number of rotatable bonds is 3. The van der Waals surface area contributed by atoms with Crippen LogP contribution in [0.5, 0.6) is 0 Å². The minimum absolute atomic E-state index is 0.181. The molecule has 0 radical (unpaired) electrons. The molecule has 0 bridgehead atoms. The zero-order chi connectivity index (χ0) is 12.6. The van der Waals surface area contributed by atoms with Crippen LogP contribution in [-0.4, -0.2) is 38.0 Å². The van der Waals surface area contributed by atoms with Gasteiger partial charge in [0.1, 0.15) is 13.1 Å². The van der Waals surface area contributed by atoms with Gasteiger partial charge in [0.25, 0.3) is 0 Å². The topological polar surface area (TPSA) is 55.8 Å². The SMILES string of the molecule is C=CCC1C=CCCO1.CC=O.COCO. The van der Waals surface area contributed by atoms with Gasteiger partial charge in [-0.25, -0.2) is 0 Å². The van der Waals surface area contributed by atoms with Crippen molar-refractivity contribution in [2.24, 2.45) is 0 Å². The molecule has 0 spiro atoms. The van der Waals surface area contributed by atoms with E-state index in [2.05, 4.69) is 23.5 Å². The molecule has 16 heavy (non-hydrogen) atoms. The van der Waals surface area contributed by atoms with E-state index < -0.39 is 0 Å². The molecule has 4 nitrogen and oxygen atoms in total. The zero-order valence-electron chi connectivity index (χ0n) is 10.1. The van der Waals surface area contributed by atoms with Gasteiger partial charge in [-0.3, -0.25) is 0 Å². The van der Waals surface area contributed by atoms with Gasteiger partial charge in [-0.2, -0.15) is 0 Å². The lowest BCUT2D eigenvalue weighted by atomic mass is 10.2. The maximum absolute atomic E-state index is 8.81. The third-order valence-electron chi connectivity index (χ3n) is 1.50. The van der Waals surface area contributed by atoms with Crippen molar-refractivity contribution in [3.05, 3.63) is 24.8 Å². The number of hydrogen-bond acceptors (Lipinski definition) is 4. The molecule has 1 rings (SSSR count). The van der Waals surface area contributed by atoms with Gasteiger partial charge in [0, 0.05) is 7.11 Å². The highest BCUT2D eigenvalue weighted by Gasteiger charge is 2.04. The van der Waals surface area contributed by atoms with E-state index in [0.29, 0.717) is 6.10 Å². The van der Waals surface area contributed by atoms with E-state index in [1.807, 2.05) is 6.08 Å². The number of hydrogen-bond donors (Lipinski definition) is 1. The predicted molar refractivity (Wildman–Crippen MR) is 64.1 cm³/mol. The zero-order valence-corrected chi connectivity index (χ0v) is 10.1. The first kappa shape index (κ1) is 17.4. The molecule has 1 atom stereocenters. The van der Waals surface area contributed by atoms with Gasteiger partial charge in [-0.15, -0.1) is 6.58 Å². The van der Waals surface area contributed by atoms with E-state index in [1.165, 1.54) is 14.0 Å². The summed E-state index contributed by atoms with van der Waals surface area (Å²) in [6.45, 7) is 5.77. The van der Waals surface area contributed by atoms with Crippen LogP contribution in [0.15, 0.2) is 24.8 Å². The fraction of sp³-hybridized carbons (Fsp3) is 0.583. The van der Waals surface area contributed by atoms with Crippen LogP contribution >= 0.6 is 0 Å². The average molecular weight is 230 g/mol. The van der Waals surface area contributed by atoms with Crippen molar-refractivity contribution >= 4 is 6.29 Å². The molecule has 0 aromatic heterocycles. The second kappa shape index (κ2) is 16.5. The molecule has 1 N–H and O–H groups in total. The van der Waals surface area contributed by atoms with Crippen LogP contribution in [0, 0.1) is 0 Å². The number of methoxy groups -OCH3 is 1. The monoisotopic (exact) mass is 230 g/mol. The van der Waals surface area contributed by atoms with E-state index >= 15 is 0 Å². The first-order valence-electron chi connectivity index (χ1n) is 5.15. The summed E-state index contributed by atoms with van der Waals surface area (Å²) in [5.74, 6) is 0. The fourth-order valence-electron chi connectivity index (χ4n) is 0.902. The predicted octanol–water partition coefficient (Wildman–Crippen LogP) is 1.70. The highest BCUT2D eigenvalue weighted by Crippen LogP contribution is 2.07. The normalized spacial score (nSPS) is 17.3. The quantitative estimate of drug-likeness (QED) is 0.455. The molecule has 0 aromatic carbocycles. The van der Waals surface area contributed by atoms with E-state index in [1.54, 1.807) is 0 Å². The van der Waals surface area contributed by atoms with Crippen LogP contribution in [0.1, 0.15) is 19.8 Å². The Hall–Kier alpha value is -0.970. The van der Waals surface area contributed by atoms with Crippen molar-refractivity contribution in [2.45, 2.75) is 25.9 Å². The number of carbonyl (C=O) groups excluding carboxylic acids is 1. The Morgan fingerprint density at radius 3 is 2.56 bits per heavy atom. The molecule has 1 unspecified atom stereocenters. The maximum Gasteiger partial charge on any atom is 0.143 e. The summed E-state index contributed by atoms with van der Waals surface area (Å²) in [5.41, 5.74) is 0. The third-order valence-corrected chi connectivity index (χ3v) is 1.50. The van der Waals surface area contributed by atoms with Gasteiger partial charge in [-0.05, 0) is 19.8 Å². The van der Waals surface area contributed by atoms with Gasteiger partial charge in [-0.1, -0.05) is 18.2 Å². The Labute approximate surface area is 97.6 Å². The molecule has 0 amide bonds. The molecule has 0 fully saturated rings. The van der Waals surface area contributed by atoms with Crippen molar-refractivity contribution in [3.8, 4) is 0 Å². The summed E-state index contributed by atoms with van der Waals surface area (Å²) in [6, 6.07) is 0. The lowest BCUT2D eigenvalue weighted by Crippen LogP contribution is -2.12. The van der Waals surface area contributed by atoms with Crippen LogP contribution in [0.3, 0.4) is 0 Å². The van der Waals surface area contributed by atoms with Gasteiger partial charge in [0.2, 0.25) is 0 Å². The molecule has 1 aliphatic rings. The van der Waals surface area contributed by atoms with Gasteiger partial charge < -0.3 is 19.4 Å².